The number of methoxy groups -OCH3 is 1. The predicted octanol–water partition coefficient (Wildman–Crippen LogP) is 3.48. The summed E-state index contributed by atoms with van der Waals surface area (Å²) in [6.45, 7) is 4.35. The number of carbonyl (C=O) groups is 1. The van der Waals surface area contributed by atoms with Crippen molar-refractivity contribution in [2.24, 2.45) is 0 Å². The molecule has 1 unspecified atom stereocenters. The molecule has 0 heterocycles. The summed E-state index contributed by atoms with van der Waals surface area (Å²) in [4.78, 5) is 11.7. The van der Waals surface area contributed by atoms with Crippen molar-refractivity contribution >= 4 is 11.7 Å². The fraction of sp³-hybridized carbons (Fsp3) is 0.438. The molecule has 0 spiro atoms. The molecule has 102 valence electrons. The molecular formula is C16H21NO2. The first-order valence-electron chi connectivity index (χ1n) is 6.77. The molecule has 0 radical (unpaired) electrons. The smallest absolute Gasteiger partial charge is 0.335 e. The molecule has 0 aromatic heterocycles. The number of rotatable bonds is 4. The second-order valence-electron chi connectivity index (χ2n) is 5.17. The van der Waals surface area contributed by atoms with Gasteiger partial charge >= 0.3 is 5.97 Å². The van der Waals surface area contributed by atoms with E-state index >= 15 is 0 Å². The van der Waals surface area contributed by atoms with Crippen molar-refractivity contribution in [1.82, 2.24) is 0 Å². The molecule has 1 aliphatic carbocycles. The number of anilines is 1. The average Bonchev–Trinajstić information content (AvgIpc) is 2.86. The summed E-state index contributed by atoms with van der Waals surface area (Å²) in [5.74, 6) is 0.229. The van der Waals surface area contributed by atoms with Gasteiger partial charge in [-0.15, -0.1) is 0 Å². The van der Waals surface area contributed by atoms with Gasteiger partial charge in [-0.25, -0.2) is 4.79 Å². The van der Waals surface area contributed by atoms with Gasteiger partial charge in [0.05, 0.1) is 18.7 Å². The molecular weight excluding hydrogens is 238 g/mol. The van der Waals surface area contributed by atoms with Gasteiger partial charge in [0.2, 0.25) is 0 Å². The number of allylic oxidation sites excluding steroid dienone is 1. The van der Waals surface area contributed by atoms with E-state index in [1.165, 1.54) is 12.7 Å². The maximum atomic E-state index is 11.7. The van der Waals surface area contributed by atoms with Gasteiger partial charge in [0.1, 0.15) is 0 Å². The SMILES string of the molecule is COC(=O)C1=CCCC1Nc1ccccc1C(C)C. The Balaban J connectivity index is 2.18. The van der Waals surface area contributed by atoms with Gasteiger partial charge in [-0.1, -0.05) is 38.1 Å². The van der Waals surface area contributed by atoms with Gasteiger partial charge in [-0.2, -0.15) is 0 Å². The zero-order chi connectivity index (χ0) is 13.8. The predicted molar refractivity (Wildman–Crippen MR) is 77.3 cm³/mol. The first-order chi connectivity index (χ1) is 9.13. The quantitative estimate of drug-likeness (QED) is 0.841. The van der Waals surface area contributed by atoms with Gasteiger partial charge in [-0.3, -0.25) is 0 Å². The fourth-order valence-corrected chi connectivity index (χ4v) is 2.52. The lowest BCUT2D eigenvalue weighted by atomic mass is 10.00. The Morgan fingerprint density at radius 3 is 2.79 bits per heavy atom. The van der Waals surface area contributed by atoms with Crippen LogP contribution in [0.5, 0.6) is 0 Å². The normalized spacial score (nSPS) is 18.3. The van der Waals surface area contributed by atoms with E-state index in [1.807, 2.05) is 18.2 Å². The van der Waals surface area contributed by atoms with Crippen LogP contribution in [0, 0.1) is 0 Å². The van der Waals surface area contributed by atoms with Crippen LogP contribution in [0.25, 0.3) is 0 Å². The van der Waals surface area contributed by atoms with Crippen molar-refractivity contribution in [3.8, 4) is 0 Å². The standard InChI is InChI=1S/C16H21NO2/c1-11(2)12-7-4-5-9-14(12)17-15-10-6-8-13(15)16(18)19-3/h4-5,7-9,11,15,17H,6,10H2,1-3H3. The number of hydrogen-bond donors (Lipinski definition) is 1. The minimum atomic E-state index is -0.225. The molecule has 3 nitrogen and oxygen atoms in total. The highest BCUT2D eigenvalue weighted by Gasteiger charge is 2.26. The molecule has 0 saturated heterocycles. The molecule has 1 aliphatic rings. The van der Waals surface area contributed by atoms with Gasteiger partial charge in [0.15, 0.2) is 0 Å². The van der Waals surface area contributed by atoms with E-state index < -0.39 is 0 Å². The van der Waals surface area contributed by atoms with Crippen molar-refractivity contribution in [2.45, 2.75) is 38.6 Å². The number of carbonyl (C=O) groups excluding carboxylic acids is 1. The summed E-state index contributed by atoms with van der Waals surface area (Å²) in [6.07, 6.45) is 3.84. The maximum absolute atomic E-state index is 11.7. The highest BCUT2D eigenvalue weighted by molar-refractivity contribution is 5.91. The van der Waals surface area contributed by atoms with Crippen LogP contribution in [0.1, 0.15) is 38.2 Å². The third kappa shape index (κ3) is 2.98. The molecule has 0 aliphatic heterocycles. The highest BCUT2D eigenvalue weighted by Crippen LogP contribution is 2.29. The Morgan fingerprint density at radius 2 is 2.11 bits per heavy atom. The molecule has 1 aromatic carbocycles. The lowest BCUT2D eigenvalue weighted by molar-refractivity contribution is -0.136. The van der Waals surface area contributed by atoms with E-state index in [0.29, 0.717) is 5.92 Å². The lowest BCUT2D eigenvalue weighted by Gasteiger charge is -2.20. The van der Waals surface area contributed by atoms with Crippen molar-refractivity contribution in [3.63, 3.8) is 0 Å². The minimum absolute atomic E-state index is 0.0624. The van der Waals surface area contributed by atoms with Crippen LogP contribution in [-0.4, -0.2) is 19.1 Å². The van der Waals surface area contributed by atoms with E-state index in [2.05, 4.69) is 31.3 Å². The summed E-state index contributed by atoms with van der Waals surface area (Å²) in [6, 6.07) is 8.33. The number of benzene rings is 1. The van der Waals surface area contributed by atoms with E-state index in [4.69, 9.17) is 4.74 Å². The van der Waals surface area contributed by atoms with E-state index in [0.717, 1.165) is 24.1 Å². The Kier molecular flexibility index (Phi) is 4.25. The number of nitrogens with one attached hydrogen (secondary N) is 1. The second-order valence-corrected chi connectivity index (χ2v) is 5.17. The Morgan fingerprint density at radius 1 is 1.37 bits per heavy atom. The highest BCUT2D eigenvalue weighted by atomic mass is 16.5. The third-order valence-corrected chi connectivity index (χ3v) is 3.53. The lowest BCUT2D eigenvalue weighted by Crippen LogP contribution is -2.24. The molecule has 1 N–H and O–H groups in total. The fourth-order valence-electron chi connectivity index (χ4n) is 2.52. The second kappa shape index (κ2) is 5.91. The number of esters is 1. The molecule has 0 fully saturated rings. The Bertz CT molecular complexity index is 491. The molecule has 0 bridgehead atoms. The summed E-state index contributed by atoms with van der Waals surface area (Å²) >= 11 is 0. The van der Waals surface area contributed by atoms with Gasteiger partial charge in [0, 0.05) is 5.69 Å². The summed E-state index contributed by atoms with van der Waals surface area (Å²) in [7, 11) is 1.43. The van der Waals surface area contributed by atoms with Crippen LogP contribution in [0.15, 0.2) is 35.9 Å². The summed E-state index contributed by atoms with van der Waals surface area (Å²) in [5.41, 5.74) is 3.14. The molecule has 0 saturated carbocycles. The van der Waals surface area contributed by atoms with Crippen molar-refractivity contribution in [2.75, 3.05) is 12.4 Å². The summed E-state index contributed by atoms with van der Waals surface area (Å²) in [5, 5.41) is 3.49. The van der Waals surface area contributed by atoms with E-state index in [-0.39, 0.29) is 12.0 Å². The van der Waals surface area contributed by atoms with Gasteiger partial charge in [-0.05, 0) is 30.4 Å². The Hall–Kier alpha value is -1.77. The number of para-hydroxylation sites is 1. The molecule has 3 heteroatoms. The van der Waals surface area contributed by atoms with Crippen LogP contribution in [0.2, 0.25) is 0 Å². The van der Waals surface area contributed by atoms with Crippen molar-refractivity contribution < 1.29 is 9.53 Å². The van der Waals surface area contributed by atoms with Gasteiger partial charge < -0.3 is 10.1 Å². The van der Waals surface area contributed by atoms with E-state index in [9.17, 15) is 4.79 Å². The van der Waals surface area contributed by atoms with Crippen LogP contribution in [0.4, 0.5) is 5.69 Å². The average molecular weight is 259 g/mol. The first-order valence-corrected chi connectivity index (χ1v) is 6.77. The molecule has 0 amide bonds. The van der Waals surface area contributed by atoms with Crippen LogP contribution >= 0.6 is 0 Å². The van der Waals surface area contributed by atoms with E-state index in [1.54, 1.807) is 0 Å². The van der Waals surface area contributed by atoms with Crippen LogP contribution in [-0.2, 0) is 9.53 Å². The van der Waals surface area contributed by atoms with Crippen molar-refractivity contribution in [3.05, 3.63) is 41.5 Å². The Labute approximate surface area is 114 Å². The maximum Gasteiger partial charge on any atom is 0.335 e. The number of ether oxygens (including phenoxy) is 1. The largest absolute Gasteiger partial charge is 0.466 e. The zero-order valence-electron chi connectivity index (χ0n) is 11.8. The zero-order valence-corrected chi connectivity index (χ0v) is 11.8. The molecule has 1 atom stereocenters. The minimum Gasteiger partial charge on any atom is -0.466 e. The summed E-state index contributed by atoms with van der Waals surface area (Å²) < 4.78 is 4.83. The third-order valence-electron chi connectivity index (χ3n) is 3.53. The topological polar surface area (TPSA) is 38.3 Å². The van der Waals surface area contributed by atoms with Crippen LogP contribution < -0.4 is 5.32 Å². The molecule has 19 heavy (non-hydrogen) atoms. The first kappa shape index (κ1) is 13.7. The van der Waals surface area contributed by atoms with Crippen molar-refractivity contribution in [1.29, 1.82) is 0 Å². The molecule has 1 aromatic rings. The van der Waals surface area contributed by atoms with Gasteiger partial charge in [0.25, 0.3) is 0 Å². The van der Waals surface area contributed by atoms with Crippen LogP contribution in [0.3, 0.4) is 0 Å². The number of hydrogen-bond acceptors (Lipinski definition) is 3. The molecule has 2 rings (SSSR count). The monoisotopic (exact) mass is 259 g/mol.